The number of allylic oxidation sites excluding steroid dienone is 4. The molecule has 0 amide bonds. The zero-order valence-electron chi connectivity index (χ0n) is 29.8. The zero-order valence-corrected chi connectivity index (χ0v) is 31.8. The zero-order chi connectivity index (χ0) is 32.4. The molecule has 0 saturated carbocycles. The van der Waals surface area contributed by atoms with Gasteiger partial charge in [-0.05, 0) is 74.1 Å². The van der Waals surface area contributed by atoms with Gasteiger partial charge in [-0.15, -0.1) is 0 Å². The summed E-state index contributed by atoms with van der Waals surface area (Å²) >= 11 is 0. The molecule has 0 heterocycles. The van der Waals surface area contributed by atoms with Crippen molar-refractivity contribution in [2.45, 2.75) is 118 Å². The Hall–Kier alpha value is -2.37. The number of rotatable bonds is 8. The molecule has 2 aromatic carbocycles. The smallest absolute Gasteiger partial charge is 0.122 e. The van der Waals surface area contributed by atoms with Crippen molar-refractivity contribution < 1.29 is 4.74 Å². The highest BCUT2D eigenvalue weighted by molar-refractivity contribution is 6.95. The molecule has 235 valence electrons. The number of fused-ring (bicyclic) bond motifs is 3. The second kappa shape index (κ2) is 11.5. The fourth-order valence-corrected chi connectivity index (χ4v) is 16.2. The van der Waals surface area contributed by atoms with E-state index in [0.29, 0.717) is 12.1 Å². The maximum Gasteiger partial charge on any atom is 0.122 e. The van der Waals surface area contributed by atoms with Gasteiger partial charge in [-0.3, -0.25) is 0 Å². The van der Waals surface area contributed by atoms with Crippen LogP contribution in [0.4, 0.5) is 0 Å². The summed E-state index contributed by atoms with van der Waals surface area (Å²) in [6.45, 7) is 34.0. The molecule has 1 nitrogen and oxygen atoms in total. The van der Waals surface area contributed by atoms with E-state index in [0.717, 1.165) is 0 Å². The van der Waals surface area contributed by atoms with E-state index in [1.54, 1.807) is 32.7 Å². The predicted molar refractivity (Wildman–Crippen MR) is 198 cm³/mol. The average molecular weight is 622 g/mol. The van der Waals surface area contributed by atoms with Crippen LogP contribution in [0.15, 0.2) is 65.8 Å². The Kier molecular flexibility index (Phi) is 8.60. The van der Waals surface area contributed by atoms with E-state index in [9.17, 15) is 0 Å². The van der Waals surface area contributed by atoms with Crippen molar-refractivity contribution in [3.63, 3.8) is 0 Å². The van der Waals surface area contributed by atoms with Crippen LogP contribution in [-0.2, 0) is 5.41 Å². The molecule has 44 heavy (non-hydrogen) atoms. The maximum atomic E-state index is 6.97. The van der Waals surface area contributed by atoms with E-state index in [1.165, 1.54) is 52.2 Å². The van der Waals surface area contributed by atoms with Crippen LogP contribution in [0.3, 0.4) is 0 Å². The van der Waals surface area contributed by atoms with Crippen molar-refractivity contribution in [1.82, 2.24) is 0 Å². The molecule has 3 aliphatic carbocycles. The van der Waals surface area contributed by atoms with Crippen LogP contribution in [0.25, 0.3) is 11.6 Å². The Morgan fingerprint density at radius 3 is 2.30 bits per heavy atom. The van der Waals surface area contributed by atoms with Gasteiger partial charge in [0.1, 0.15) is 20.4 Å². The van der Waals surface area contributed by atoms with Crippen molar-refractivity contribution in [3.8, 4) is 5.75 Å². The summed E-state index contributed by atoms with van der Waals surface area (Å²) in [5, 5.41) is 5.99. The molecule has 2 aromatic rings. The van der Waals surface area contributed by atoms with Gasteiger partial charge in [0.05, 0.1) is 8.80 Å². The topological polar surface area (TPSA) is 9.23 Å². The van der Waals surface area contributed by atoms with E-state index in [1.807, 2.05) is 6.08 Å². The number of aryl methyl sites for hydroxylation is 1. The molecule has 0 spiro atoms. The van der Waals surface area contributed by atoms with Crippen LogP contribution in [0.5, 0.6) is 5.75 Å². The molecular weight excluding hydrogens is 565 g/mol. The minimum atomic E-state index is -2.30. The summed E-state index contributed by atoms with van der Waals surface area (Å²) < 4.78 is 6.97. The summed E-state index contributed by atoms with van der Waals surface area (Å²) in [7, 11) is -3.02. The highest BCUT2D eigenvalue weighted by atomic mass is 28.3. The van der Waals surface area contributed by atoms with Crippen LogP contribution in [0, 0.1) is 17.8 Å². The molecule has 3 aliphatic rings. The molecule has 5 rings (SSSR count). The lowest BCUT2D eigenvalue weighted by Gasteiger charge is -2.43. The molecule has 0 bridgehead atoms. The van der Waals surface area contributed by atoms with Gasteiger partial charge in [-0.1, -0.05) is 153 Å². The average Bonchev–Trinajstić information content (AvgIpc) is 3.27. The minimum Gasteiger partial charge on any atom is -0.489 e. The van der Waals surface area contributed by atoms with E-state index < -0.39 is 16.9 Å². The van der Waals surface area contributed by atoms with Crippen LogP contribution in [0.2, 0.25) is 30.7 Å². The maximum absolute atomic E-state index is 6.97. The van der Waals surface area contributed by atoms with E-state index in [4.69, 9.17) is 4.74 Å². The van der Waals surface area contributed by atoms with Gasteiger partial charge in [0.25, 0.3) is 0 Å². The van der Waals surface area contributed by atoms with Crippen molar-refractivity contribution >= 4 is 38.9 Å². The van der Waals surface area contributed by atoms with Gasteiger partial charge in [0, 0.05) is 11.0 Å². The summed E-state index contributed by atoms with van der Waals surface area (Å²) in [5.74, 6) is 1.20. The molecule has 1 radical (unpaired) electrons. The van der Waals surface area contributed by atoms with E-state index in [-0.39, 0.29) is 16.2 Å². The van der Waals surface area contributed by atoms with Crippen molar-refractivity contribution in [2.24, 2.45) is 10.8 Å². The Balaban J connectivity index is 1.98. The first-order valence-electron chi connectivity index (χ1n) is 17.1. The Morgan fingerprint density at radius 1 is 1.05 bits per heavy atom. The first-order chi connectivity index (χ1) is 20.5. The first-order valence-corrected chi connectivity index (χ1v) is 22.1. The normalized spacial score (nSPS) is 20.5. The van der Waals surface area contributed by atoms with Gasteiger partial charge in [0.15, 0.2) is 0 Å². The van der Waals surface area contributed by atoms with E-state index in [2.05, 4.69) is 131 Å². The van der Waals surface area contributed by atoms with Crippen LogP contribution in [-0.4, -0.2) is 23.5 Å². The summed E-state index contributed by atoms with van der Waals surface area (Å²) in [6.07, 6.45) is 9.60. The van der Waals surface area contributed by atoms with Crippen LogP contribution >= 0.6 is 0 Å². The summed E-state index contributed by atoms with van der Waals surface area (Å²) in [4.78, 5) is 0. The lowest BCUT2D eigenvalue weighted by Crippen LogP contribution is -2.55. The monoisotopic (exact) mass is 621 g/mol. The highest BCUT2D eigenvalue weighted by Gasteiger charge is 2.54. The SMILES string of the molecule is C=CCOc1c([Si](CC)(CC)C2C3=CC(C)(C)CCC3=C3C2=c2ccccc2=CC3(C)C)cc(C)c([Si](C)C)c1C(C)(C)C. The van der Waals surface area contributed by atoms with Gasteiger partial charge in [-0.25, -0.2) is 0 Å². The minimum absolute atomic E-state index is 0.00374. The molecule has 0 N–H and O–H groups in total. The third-order valence-corrected chi connectivity index (χ3v) is 18.2. The fourth-order valence-electron chi connectivity index (χ4n) is 9.11. The Morgan fingerprint density at radius 2 is 1.70 bits per heavy atom. The quantitative estimate of drug-likeness (QED) is 0.212. The third kappa shape index (κ3) is 5.20. The lowest BCUT2D eigenvalue weighted by atomic mass is 9.73. The number of ether oxygens (including phenoxy) is 1. The predicted octanol–water partition coefficient (Wildman–Crippen LogP) is 8.61. The number of benzene rings is 2. The number of hydrogen-bond acceptors (Lipinski definition) is 1. The van der Waals surface area contributed by atoms with Crippen molar-refractivity contribution in [1.29, 1.82) is 0 Å². The van der Waals surface area contributed by atoms with Gasteiger partial charge < -0.3 is 4.74 Å². The van der Waals surface area contributed by atoms with Crippen LogP contribution < -0.4 is 25.5 Å². The van der Waals surface area contributed by atoms with Gasteiger partial charge in [-0.2, -0.15) is 0 Å². The van der Waals surface area contributed by atoms with Gasteiger partial charge in [0.2, 0.25) is 0 Å². The van der Waals surface area contributed by atoms with Gasteiger partial charge >= 0.3 is 0 Å². The fraction of sp³-hybridized carbons (Fsp3) is 0.512. The summed E-state index contributed by atoms with van der Waals surface area (Å²) in [5.41, 5.74) is 10.1. The summed E-state index contributed by atoms with van der Waals surface area (Å²) in [6, 6.07) is 14.3. The second-order valence-corrected chi connectivity index (χ2v) is 23.6. The molecule has 3 heteroatoms. The number of hydrogen-bond donors (Lipinski definition) is 0. The largest absolute Gasteiger partial charge is 0.489 e. The molecule has 1 atom stereocenters. The standard InChI is InChI=1S/C41H57OSi2/c1-14-23-42-36-32(24-27(4)37(43(12)13)35(36)39(5,6)7)44(15-2,16-3)38-31-26-40(8,9)22-21-30(31)34-33(38)29-20-18-17-19-28(29)25-41(34,10)11/h14,17-20,24-26,38H,1,15-16,21-23H2,2-13H3. The molecule has 1 unspecified atom stereocenters. The molecule has 0 fully saturated rings. The Labute approximate surface area is 271 Å². The van der Waals surface area contributed by atoms with E-state index >= 15 is 0 Å². The highest BCUT2D eigenvalue weighted by Crippen LogP contribution is 2.62. The Bertz CT molecular complexity index is 1670. The molecule has 0 aromatic heterocycles. The first kappa shape index (κ1) is 33.0. The third-order valence-electron chi connectivity index (χ3n) is 10.9. The van der Waals surface area contributed by atoms with Crippen molar-refractivity contribution in [3.05, 3.63) is 87.3 Å². The molecule has 0 aliphatic heterocycles. The molecular formula is C41H57OSi2. The van der Waals surface area contributed by atoms with Crippen molar-refractivity contribution in [2.75, 3.05) is 6.61 Å². The second-order valence-electron chi connectivity index (χ2n) is 16.3. The van der Waals surface area contributed by atoms with Crippen LogP contribution in [0.1, 0.15) is 86.3 Å². The lowest BCUT2D eigenvalue weighted by molar-refractivity contribution is 0.354. The molecule has 0 saturated heterocycles.